The number of hydrogen-bond acceptors (Lipinski definition) is 2. The fourth-order valence-electron chi connectivity index (χ4n) is 1.44. The Morgan fingerprint density at radius 1 is 1.00 bits per heavy atom. The van der Waals surface area contributed by atoms with Crippen LogP contribution in [0.2, 0.25) is 0 Å². The summed E-state index contributed by atoms with van der Waals surface area (Å²) in [6, 6.07) is 14.7. The van der Waals surface area contributed by atoms with Crippen LogP contribution in [0.5, 0.6) is 5.75 Å². The van der Waals surface area contributed by atoms with E-state index in [2.05, 4.69) is 31.9 Å². The van der Waals surface area contributed by atoms with Crippen molar-refractivity contribution in [3.63, 3.8) is 0 Å². The van der Waals surface area contributed by atoms with Gasteiger partial charge in [0.2, 0.25) is 5.78 Å². The molecule has 2 nitrogen and oxygen atoms in total. The van der Waals surface area contributed by atoms with Crippen LogP contribution >= 0.6 is 31.9 Å². The molecule has 2 aromatic rings. The van der Waals surface area contributed by atoms with Crippen molar-refractivity contribution in [1.29, 1.82) is 0 Å². The number of rotatable bonds is 4. The summed E-state index contributed by atoms with van der Waals surface area (Å²) in [7, 11) is 0. The van der Waals surface area contributed by atoms with Crippen LogP contribution in [0.25, 0.3) is 0 Å². The zero-order chi connectivity index (χ0) is 13.0. The fourth-order valence-corrected chi connectivity index (χ4v) is 2.22. The van der Waals surface area contributed by atoms with Gasteiger partial charge >= 0.3 is 0 Å². The summed E-state index contributed by atoms with van der Waals surface area (Å²) in [5.74, 6) is 0.629. The Morgan fingerprint density at radius 3 is 2.33 bits per heavy atom. The summed E-state index contributed by atoms with van der Waals surface area (Å²) < 4.78 is 7.21. The summed E-state index contributed by atoms with van der Waals surface area (Å²) in [5.41, 5.74) is 0.634. The summed E-state index contributed by atoms with van der Waals surface area (Å²) in [6.07, 6.45) is 0. The summed E-state index contributed by atoms with van der Waals surface area (Å²) in [5, 5.41) is 0. The van der Waals surface area contributed by atoms with Crippen LogP contribution in [0.1, 0.15) is 10.4 Å². The predicted octanol–water partition coefficient (Wildman–Crippen LogP) is 4.47. The Balaban J connectivity index is 2.01. The number of carbonyl (C=O) groups excluding carboxylic acids is 1. The standard InChI is InChI=1S/C14H10Br2O2/c15-10-5-7-11(8-6-10)18-9-14(17)12-3-1-2-4-13(12)16/h1-8H,9H2. The van der Waals surface area contributed by atoms with Gasteiger partial charge in [0.25, 0.3) is 0 Å². The maximum atomic E-state index is 11.9. The lowest BCUT2D eigenvalue weighted by atomic mass is 10.1. The smallest absolute Gasteiger partial charge is 0.201 e. The molecule has 2 aromatic carbocycles. The molecule has 0 aliphatic carbocycles. The normalized spacial score (nSPS) is 10.1. The molecule has 0 spiro atoms. The zero-order valence-corrected chi connectivity index (χ0v) is 12.6. The lowest BCUT2D eigenvalue weighted by molar-refractivity contribution is 0.0921. The van der Waals surface area contributed by atoms with Crippen molar-refractivity contribution in [2.24, 2.45) is 0 Å². The first kappa shape index (κ1) is 13.3. The molecule has 0 saturated carbocycles. The lowest BCUT2D eigenvalue weighted by Gasteiger charge is -2.06. The largest absolute Gasteiger partial charge is 0.485 e. The molecule has 0 bridgehead atoms. The van der Waals surface area contributed by atoms with Crippen molar-refractivity contribution >= 4 is 37.6 Å². The van der Waals surface area contributed by atoms with Crippen molar-refractivity contribution in [3.05, 3.63) is 63.0 Å². The molecular weight excluding hydrogens is 360 g/mol. The Hall–Kier alpha value is -1.13. The third-order valence-corrected chi connectivity index (χ3v) is 3.58. The van der Waals surface area contributed by atoms with Gasteiger partial charge in [0.1, 0.15) is 5.75 Å². The van der Waals surface area contributed by atoms with Crippen LogP contribution in [0, 0.1) is 0 Å². The number of carbonyl (C=O) groups is 1. The second kappa shape index (κ2) is 6.16. The minimum Gasteiger partial charge on any atom is -0.485 e. The van der Waals surface area contributed by atoms with Gasteiger partial charge < -0.3 is 4.74 Å². The molecule has 0 unspecified atom stereocenters. The third kappa shape index (κ3) is 3.43. The van der Waals surface area contributed by atoms with E-state index in [0.717, 1.165) is 8.95 Å². The van der Waals surface area contributed by atoms with Crippen LogP contribution in [-0.2, 0) is 0 Å². The Bertz CT molecular complexity index is 550. The minimum atomic E-state index is -0.0506. The van der Waals surface area contributed by atoms with Gasteiger partial charge in [-0.25, -0.2) is 0 Å². The SMILES string of the molecule is O=C(COc1ccc(Br)cc1)c1ccccc1Br. The van der Waals surface area contributed by atoms with Gasteiger partial charge in [-0.3, -0.25) is 4.79 Å². The van der Waals surface area contributed by atoms with E-state index in [-0.39, 0.29) is 12.4 Å². The molecule has 0 aromatic heterocycles. The van der Waals surface area contributed by atoms with Gasteiger partial charge in [-0.05, 0) is 30.3 Å². The van der Waals surface area contributed by atoms with Gasteiger partial charge in [0.05, 0.1) is 0 Å². The van der Waals surface area contributed by atoms with Crippen molar-refractivity contribution in [3.8, 4) is 5.75 Å². The van der Waals surface area contributed by atoms with E-state index in [1.54, 1.807) is 6.07 Å². The molecule has 0 saturated heterocycles. The van der Waals surface area contributed by atoms with Crippen LogP contribution in [0.3, 0.4) is 0 Å². The topological polar surface area (TPSA) is 26.3 Å². The second-order valence-electron chi connectivity index (χ2n) is 3.65. The average molecular weight is 370 g/mol. The van der Waals surface area contributed by atoms with E-state index in [1.807, 2.05) is 42.5 Å². The molecule has 0 heterocycles. The van der Waals surface area contributed by atoms with Gasteiger partial charge in [-0.15, -0.1) is 0 Å². The molecule has 0 aliphatic heterocycles. The van der Waals surface area contributed by atoms with Gasteiger partial charge in [0, 0.05) is 14.5 Å². The van der Waals surface area contributed by atoms with Crippen LogP contribution in [0.15, 0.2) is 57.5 Å². The molecule has 18 heavy (non-hydrogen) atoms. The monoisotopic (exact) mass is 368 g/mol. The number of ether oxygens (including phenoxy) is 1. The fraction of sp³-hybridized carbons (Fsp3) is 0.0714. The zero-order valence-electron chi connectivity index (χ0n) is 9.40. The Kier molecular flexibility index (Phi) is 4.55. The van der Waals surface area contributed by atoms with Crippen molar-refractivity contribution < 1.29 is 9.53 Å². The Morgan fingerprint density at radius 2 is 1.67 bits per heavy atom. The van der Waals surface area contributed by atoms with Crippen LogP contribution < -0.4 is 4.74 Å². The number of halogens is 2. The van der Waals surface area contributed by atoms with E-state index in [1.165, 1.54) is 0 Å². The maximum Gasteiger partial charge on any atom is 0.201 e. The molecule has 0 N–H and O–H groups in total. The molecule has 2 rings (SSSR count). The second-order valence-corrected chi connectivity index (χ2v) is 5.42. The van der Waals surface area contributed by atoms with E-state index >= 15 is 0 Å². The van der Waals surface area contributed by atoms with E-state index in [4.69, 9.17) is 4.74 Å². The first-order chi connectivity index (χ1) is 8.66. The Labute approximate surface area is 122 Å². The van der Waals surface area contributed by atoms with Gasteiger partial charge in [0.15, 0.2) is 6.61 Å². The highest BCUT2D eigenvalue weighted by Crippen LogP contribution is 2.18. The highest BCUT2D eigenvalue weighted by molar-refractivity contribution is 9.10. The van der Waals surface area contributed by atoms with Crippen molar-refractivity contribution in [2.45, 2.75) is 0 Å². The van der Waals surface area contributed by atoms with Crippen molar-refractivity contribution in [1.82, 2.24) is 0 Å². The van der Waals surface area contributed by atoms with Crippen LogP contribution in [0.4, 0.5) is 0 Å². The first-order valence-electron chi connectivity index (χ1n) is 5.33. The van der Waals surface area contributed by atoms with Crippen LogP contribution in [-0.4, -0.2) is 12.4 Å². The summed E-state index contributed by atoms with van der Waals surface area (Å²) in [6.45, 7) is 0.0320. The molecular formula is C14H10Br2O2. The quantitative estimate of drug-likeness (QED) is 0.743. The van der Waals surface area contributed by atoms with E-state index in [0.29, 0.717) is 11.3 Å². The van der Waals surface area contributed by atoms with E-state index < -0.39 is 0 Å². The summed E-state index contributed by atoms with van der Waals surface area (Å²) in [4.78, 5) is 11.9. The highest BCUT2D eigenvalue weighted by atomic mass is 79.9. The number of ketones is 1. The molecule has 0 radical (unpaired) electrons. The van der Waals surface area contributed by atoms with Gasteiger partial charge in [-0.2, -0.15) is 0 Å². The number of Topliss-reactive ketones (excluding diaryl/α,β-unsaturated/α-hetero) is 1. The highest BCUT2D eigenvalue weighted by Gasteiger charge is 2.09. The average Bonchev–Trinajstić information content (AvgIpc) is 2.38. The molecule has 4 heteroatoms. The van der Waals surface area contributed by atoms with Crippen molar-refractivity contribution in [2.75, 3.05) is 6.61 Å². The first-order valence-corrected chi connectivity index (χ1v) is 6.91. The minimum absolute atomic E-state index is 0.0320. The third-order valence-electron chi connectivity index (χ3n) is 2.36. The molecule has 0 amide bonds. The van der Waals surface area contributed by atoms with E-state index in [9.17, 15) is 4.79 Å². The number of benzene rings is 2. The maximum absolute atomic E-state index is 11.9. The summed E-state index contributed by atoms with van der Waals surface area (Å²) >= 11 is 6.69. The number of hydrogen-bond donors (Lipinski definition) is 0. The molecule has 0 atom stereocenters. The predicted molar refractivity (Wildman–Crippen MR) is 78.1 cm³/mol. The lowest BCUT2D eigenvalue weighted by Crippen LogP contribution is -2.12. The molecule has 0 fully saturated rings. The molecule has 0 aliphatic rings. The molecule has 92 valence electrons. The van der Waals surface area contributed by atoms with Gasteiger partial charge in [-0.1, -0.05) is 50.1 Å².